The minimum atomic E-state index is -5.58. The summed E-state index contributed by atoms with van der Waals surface area (Å²) in [6, 6.07) is 1.63. The first-order valence-corrected chi connectivity index (χ1v) is 14.3. The van der Waals surface area contributed by atoms with Gasteiger partial charge in [0, 0.05) is 74.4 Å². The van der Waals surface area contributed by atoms with E-state index in [2.05, 4.69) is 10.2 Å². The van der Waals surface area contributed by atoms with Crippen molar-refractivity contribution in [3.05, 3.63) is 28.8 Å². The largest absolute Gasteiger partial charge is 0.480 e. The van der Waals surface area contributed by atoms with Crippen LogP contribution in [0.15, 0.2) is 18.2 Å². The molecule has 0 bridgehead atoms. The number of anilines is 1. The third kappa shape index (κ3) is 6.27. The van der Waals surface area contributed by atoms with Crippen molar-refractivity contribution in [2.75, 3.05) is 44.2 Å². The lowest BCUT2D eigenvalue weighted by Crippen LogP contribution is -2.53. The Bertz CT molecular complexity index is 1120. The van der Waals surface area contributed by atoms with Crippen LogP contribution in [-0.2, 0) is 16.1 Å². The van der Waals surface area contributed by atoms with Gasteiger partial charge in [-0.1, -0.05) is 17.7 Å². The molecule has 4 aliphatic rings. The number of rotatable bonds is 6. The monoisotopic (exact) mass is 610 g/mol. The summed E-state index contributed by atoms with van der Waals surface area (Å²) < 4.78 is 81.6. The second-order valence-corrected chi connectivity index (χ2v) is 12.1. The molecular formula is C27H33ClF6N4O3. The molecule has 5 rings (SSSR count). The van der Waals surface area contributed by atoms with Crippen LogP contribution in [0.2, 0.25) is 5.02 Å². The van der Waals surface area contributed by atoms with Crippen LogP contribution in [0.25, 0.3) is 0 Å². The Kier molecular flexibility index (Phi) is 8.43. The SMILES string of the molecule is O=C(O)C1NC(C(C(F)(F)F)C(F)(F)F)C2CN(Cc3ccc(Cl)cc3N3CCC(C(=O)N4CCCC4)CC3)CC12. The van der Waals surface area contributed by atoms with Gasteiger partial charge in [-0.25, -0.2) is 0 Å². The highest BCUT2D eigenvalue weighted by Gasteiger charge is 2.66. The Balaban J connectivity index is 1.31. The van der Waals surface area contributed by atoms with Crippen LogP contribution in [0.4, 0.5) is 32.0 Å². The molecule has 1 amide bonds. The second-order valence-electron chi connectivity index (χ2n) is 11.7. The van der Waals surface area contributed by atoms with E-state index >= 15 is 0 Å². The number of nitrogens with one attached hydrogen (secondary N) is 1. The van der Waals surface area contributed by atoms with Crippen molar-refractivity contribution in [3.8, 4) is 0 Å². The predicted molar refractivity (Wildman–Crippen MR) is 138 cm³/mol. The molecule has 4 heterocycles. The van der Waals surface area contributed by atoms with Crippen molar-refractivity contribution >= 4 is 29.2 Å². The fraction of sp³-hybridized carbons (Fsp3) is 0.704. The van der Waals surface area contributed by atoms with E-state index in [9.17, 15) is 41.0 Å². The lowest BCUT2D eigenvalue weighted by Gasteiger charge is -2.36. The van der Waals surface area contributed by atoms with Crippen LogP contribution in [0.5, 0.6) is 0 Å². The highest BCUT2D eigenvalue weighted by molar-refractivity contribution is 6.30. The van der Waals surface area contributed by atoms with Crippen LogP contribution < -0.4 is 10.2 Å². The molecule has 7 nitrogen and oxygen atoms in total. The molecule has 0 saturated carbocycles. The van der Waals surface area contributed by atoms with Crippen molar-refractivity contribution in [2.45, 2.75) is 56.7 Å². The third-order valence-electron chi connectivity index (χ3n) is 9.12. The van der Waals surface area contributed by atoms with E-state index in [0.717, 1.165) is 37.2 Å². The maximum Gasteiger partial charge on any atom is 0.402 e. The lowest BCUT2D eigenvalue weighted by atomic mass is 9.84. The molecule has 4 saturated heterocycles. The van der Waals surface area contributed by atoms with Crippen LogP contribution in [-0.4, -0.2) is 90.5 Å². The van der Waals surface area contributed by atoms with E-state index in [1.807, 2.05) is 4.90 Å². The summed E-state index contributed by atoms with van der Waals surface area (Å²) in [5.74, 6) is -7.06. The van der Waals surface area contributed by atoms with E-state index in [-0.39, 0.29) is 31.5 Å². The summed E-state index contributed by atoms with van der Waals surface area (Å²) >= 11 is 6.30. The van der Waals surface area contributed by atoms with Gasteiger partial charge in [0.1, 0.15) is 6.04 Å². The second kappa shape index (κ2) is 11.4. The van der Waals surface area contributed by atoms with Gasteiger partial charge in [-0.2, -0.15) is 26.3 Å². The number of carbonyl (C=O) groups is 2. The van der Waals surface area contributed by atoms with Gasteiger partial charge in [-0.3, -0.25) is 14.5 Å². The maximum absolute atomic E-state index is 13.6. The Labute approximate surface area is 238 Å². The smallest absolute Gasteiger partial charge is 0.402 e. The standard InChI is InChI=1S/C27H33ClF6N4O3/c28-17-4-3-16(20(11-17)37-9-5-15(6-10-37)24(39)38-7-1-2-8-38)12-36-13-18-19(14-36)22(25(40)41)35-21(18)23(26(29,30)31)27(32,33)34/h3-4,11,15,18-19,21-23,35H,1-2,5-10,12-14H2,(H,40,41). The summed E-state index contributed by atoms with van der Waals surface area (Å²) in [5.41, 5.74) is 1.59. The number of fused-ring (bicyclic) bond motifs is 1. The Morgan fingerprint density at radius 3 is 2.17 bits per heavy atom. The normalized spacial score (nSPS) is 28.1. The Morgan fingerprint density at radius 1 is 0.976 bits per heavy atom. The molecule has 0 aliphatic carbocycles. The van der Waals surface area contributed by atoms with Gasteiger partial charge < -0.3 is 20.2 Å². The molecule has 14 heteroatoms. The molecule has 4 atom stereocenters. The van der Waals surface area contributed by atoms with Crippen molar-refractivity contribution in [1.29, 1.82) is 0 Å². The van der Waals surface area contributed by atoms with Gasteiger partial charge in [0.05, 0.1) is 0 Å². The van der Waals surface area contributed by atoms with E-state index in [0.29, 0.717) is 31.0 Å². The molecule has 0 radical (unpaired) electrons. The minimum Gasteiger partial charge on any atom is -0.480 e. The average molecular weight is 611 g/mol. The zero-order valence-electron chi connectivity index (χ0n) is 22.2. The highest BCUT2D eigenvalue weighted by atomic mass is 35.5. The van der Waals surface area contributed by atoms with E-state index < -0.39 is 48.2 Å². The van der Waals surface area contributed by atoms with Gasteiger partial charge in [-0.15, -0.1) is 0 Å². The molecule has 41 heavy (non-hydrogen) atoms. The number of aliphatic carboxylic acids is 1. The quantitative estimate of drug-likeness (QED) is 0.466. The Morgan fingerprint density at radius 2 is 1.59 bits per heavy atom. The van der Waals surface area contributed by atoms with Crippen LogP contribution in [0.3, 0.4) is 0 Å². The number of alkyl halides is 6. The molecule has 4 fully saturated rings. The highest BCUT2D eigenvalue weighted by Crippen LogP contribution is 2.49. The number of hydrogen-bond acceptors (Lipinski definition) is 5. The van der Waals surface area contributed by atoms with Crippen molar-refractivity contribution < 1.29 is 41.0 Å². The number of amides is 1. The zero-order chi connectivity index (χ0) is 29.7. The van der Waals surface area contributed by atoms with Gasteiger partial charge in [0.2, 0.25) is 5.91 Å². The number of likely N-dealkylation sites (tertiary alicyclic amines) is 2. The first-order valence-electron chi connectivity index (χ1n) is 13.9. The van der Waals surface area contributed by atoms with Crippen molar-refractivity contribution in [1.82, 2.24) is 15.1 Å². The van der Waals surface area contributed by atoms with Gasteiger partial charge in [0.15, 0.2) is 5.92 Å². The minimum absolute atomic E-state index is 0.0437. The molecule has 2 N–H and O–H groups in total. The maximum atomic E-state index is 13.6. The lowest BCUT2D eigenvalue weighted by molar-refractivity contribution is -0.293. The van der Waals surface area contributed by atoms with E-state index in [4.69, 9.17) is 11.6 Å². The molecular weight excluding hydrogens is 578 g/mol. The molecule has 228 valence electrons. The predicted octanol–water partition coefficient (Wildman–Crippen LogP) is 4.39. The molecule has 4 unspecified atom stereocenters. The number of nitrogens with zero attached hydrogens (tertiary/aromatic N) is 3. The molecule has 1 aromatic carbocycles. The molecule has 0 spiro atoms. The summed E-state index contributed by atoms with van der Waals surface area (Å²) in [4.78, 5) is 30.5. The van der Waals surface area contributed by atoms with E-state index in [1.165, 1.54) is 0 Å². The average Bonchev–Trinajstić information content (AvgIpc) is 3.62. The number of piperidine rings is 1. The fourth-order valence-corrected chi connectivity index (χ4v) is 7.38. The first-order chi connectivity index (χ1) is 19.2. The number of benzene rings is 1. The number of carbonyl (C=O) groups excluding carboxylic acids is 1. The van der Waals surface area contributed by atoms with Crippen LogP contribution >= 0.6 is 11.6 Å². The summed E-state index contributed by atoms with van der Waals surface area (Å²) in [6.07, 6.45) is -7.78. The fourth-order valence-electron chi connectivity index (χ4n) is 7.22. The van der Waals surface area contributed by atoms with Gasteiger partial charge in [0.25, 0.3) is 0 Å². The summed E-state index contributed by atoms with van der Waals surface area (Å²) in [7, 11) is 0. The van der Waals surface area contributed by atoms with Crippen molar-refractivity contribution in [3.63, 3.8) is 0 Å². The zero-order valence-corrected chi connectivity index (χ0v) is 23.0. The first kappa shape index (κ1) is 30.2. The van der Waals surface area contributed by atoms with E-state index in [1.54, 1.807) is 23.1 Å². The number of halogens is 7. The van der Waals surface area contributed by atoms with Gasteiger partial charge in [-0.05, 0) is 49.3 Å². The summed E-state index contributed by atoms with van der Waals surface area (Å²) in [5, 5.41) is 12.3. The molecule has 0 aromatic heterocycles. The molecule has 4 aliphatic heterocycles. The van der Waals surface area contributed by atoms with Crippen LogP contribution in [0.1, 0.15) is 31.2 Å². The number of carboxylic acids is 1. The van der Waals surface area contributed by atoms with Crippen LogP contribution in [0, 0.1) is 23.7 Å². The van der Waals surface area contributed by atoms with Crippen molar-refractivity contribution in [2.24, 2.45) is 23.7 Å². The number of carboxylic acid groups (broad SMARTS) is 1. The summed E-state index contributed by atoms with van der Waals surface area (Å²) in [6.45, 7) is 2.95. The third-order valence-corrected chi connectivity index (χ3v) is 9.36. The Hall–Kier alpha value is -2.25. The van der Waals surface area contributed by atoms with Gasteiger partial charge >= 0.3 is 18.3 Å². The number of hydrogen-bond donors (Lipinski definition) is 2. The molecule has 1 aromatic rings. The topological polar surface area (TPSA) is 76.1 Å².